The summed E-state index contributed by atoms with van der Waals surface area (Å²) < 4.78 is 8.07. The third-order valence-electron chi connectivity index (χ3n) is 4.22. The van der Waals surface area contributed by atoms with E-state index in [1.54, 1.807) is 11.5 Å². The minimum atomic E-state index is -0.604. The fourth-order valence-electron chi connectivity index (χ4n) is 3.01. The molecule has 3 aromatic heterocycles. The smallest absolute Gasteiger partial charge is 0.340 e. The molecule has 0 atom stereocenters. The van der Waals surface area contributed by atoms with Gasteiger partial charge in [-0.3, -0.25) is 13.9 Å². The maximum absolute atomic E-state index is 12.9. The van der Waals surface area contributed by atoms with Crippen LogP contribution in [0.2, 0.25) is 9.62 Å². The van der Waals surface area contributed by atoms with Crippen molar-refractivity contribution in [2.24, 2.45) is 13.0 Å². The Bertz CT molecular complexity index is 1210. The van der Waals surface area contributed by atoms with Crippen LogP contribution in [-0.4, -0.2) is 26.7 Å². The first kappa shape index (κ1) is 22.0. The van der Waals surface area contributed by atoms with Gasteiger partial charge in [-0.05, 0) is 12.8 Å². The van der Waals surface area contributed by atoms with Gasteiger partial charge in [0.05, 0.1) is 22.4 Å². The van der Waals surface area contributed by atoms with Crippen LogP contribution in [0.15, 0.2) is 9.59 Å². The Morgan fingerprint density at radius 1 is 1.21 bits per heavy atom. The number of fused-ring (bicyclic) bond motifs is 1. The minimum Gasteiger partial charge on any atom is -0.462 e. The molecule has 0 aliphatic carbocycles. The lowest BCUT2D eigenvalue weighted by molar-refractivity contribution is 0.0528. The fourth-order valence-corrected chi connectivity index (χ4v) is 5.80. The van der Waals surface area contributed by atoms with Gasteiger partial charge >= 0.3 is 11.7 Å². The largest absolute Gasteiger partial charge is 0.462 e. The molecule has 3 rings (SSSR count). The zero-order valence-corrected chi connectivity index (χ0v) is 19.4. The van der Waals surface area contributed by atoms with E-state index in [4.69, 9.17) is 27.9 Å². The van der Waals surface area contributed by atoms with Gasteiger partial charge in [-0.1, -0.05) is 37.0 Å². The van der Waals surface area contributed by atoms with Crippen molar-refractivity contribution in [1.82, 2.24) is 14.1 Å². The summed E-state index contributed by atoms with van der Waals surface area (Å²) in [6.07, 6.45) is 0.260. The zero-order valence-electron chi connectivity index (χ0n) is 16.2. The zero-order chi connectivity index (χ0) is 21.5. The summed E-state index contributed by atoms with van der Waals surface area (Å²) >= 11 is 14.5. The number of rotatable bonds is 6. The first-order valence-electron chi connectivity index (χ1n) is 8.88. The quantitative estimate of drug-likeness (QED) is 0.504. The second-order valence-corrected chi connectivity index (χ2v) is 9.92. The highest BCUT2D eigenvalue weighted by Gasteiger charge is 2.27. The Balaban J connectivity index is 2.35. The highest BCUT2D eigenvalue weighted by atomic mass is 35.5. The van der Waals surface area contributed by atoms with E-state index in [9.17, 15) is 14.4 Å². The van der Waals surface area contributed by atoms with Crippen molar-refractivity contribution in [3.05, 3.63) is 45.8 Å². The third-order valence-corrected chi connectivity index (χ3v) is 7.01. The average molecular weight is 476 g/mol. The summed E-state index contributed by atoms with van der Waals surface area (Å²) in [4.78, 5) is 44.2. The molecule has 0 saturated heterocycles. The van der Waals surface area contributed by atoms with E-state index in [2.05, 4.69) is 4.98 Å². The lowest BCUT2D eigenvalue weighted by Crippen LogP contribution is -2.38. The summed E-state index contributed by atoms with van der Waals surface area (Å²) in [5, 5.41) is 0.442. The predicted octanol–water partition coefficient (Wildman–Crippen LogP) is 3.95. The molecule has 0 saturated carbocycles. The lowest BCUT2D eigenvalue weighted by Gasteiger charge is -2.11. The van der Waals surface area contributed by atoms with Gasteiger partial charge in [-0.25, -0.2) is 14.6 Å². The van der Waals surface area contributed by atoms with Gasteiger partial charge in [0.1, 0.15) is 9.98 Å². The van der Waals surface area contributed by atoms with Crippen molar-refractivity contribution in [3.8, 4) is 0 Å². The monoisotopic (exact) mass is 475 g/mol. The van der Waals surface area contributed by atoms with Crippen LogP contribution in [0.3, 0.4) is 0 Å². The van der Waals surface area contributed by atoms with Gasteiger partial charge in [-0.15, -0.1) is 22.7 Å². The molecule has 29 heavy (non-hydrogen) atoms. The normalized spacial score (nSPS) is 11.6. The lowest BCUT2D eigenvalue weighted by atomic mass is 10.1. The van der Waals surface area contributed by atoms with Crippen molar-refractivity contribution in [2.45, 2.75) is 33.7 Å². The SMILES string of the molecule is CCOC(=O)c1c(Cc2sc(Cl)nc2Cl)sc2c1c(=O)n(C)c(=O)n2CC(C)C. The van der Waals surface area contributed by atoms with Gasteiger partial charge in [-0.2, -0.15) is 0 Å². The van der Waals surface area contributed by atoms with Crippen molar-refractivity contribution in [1.29, 1.82) is 0 Å². The van der Waals surface area contributed by atoms with E-state index in [0.29, 0.717) is 21.1 Å². The average Bonchev–Trinajstić information content (AvgIpc) is 3.16. The Morgan fingerprint density at radius 3 is 2.45 bits per heavy atom. The highest BCUT2D eigenvalue weighted by Crippen LogP contribution is 2.35. The molecule has 3 aromatic rings. The second-order valence-electron chi connectivity index (χ2n) is 6.81. The standard InChI is InChI=1S/C18H19Cl2N3O4S2/c1-5-27-16(25)11-9(6-10-13(19)21-17(20)29-10)28-15-12(11)14(24)22(4)18(26)23(15)7-8(2)3/h8H,5-7H2,1-4H3. The first-order valence-corrected chi connectivity index (χ1v) is 11.3. The van der Waals surface area contributed by atoms with Gasteiger partial charge < -0.3 is 4.74 Å². The number of thiophene rings is 1. The molecule has 3 heterocycles. The molecule has 0 amide bonds. The Labute approximate surface area is 184 Å². The van der Waals surface area contributed by atoms with E-state index in [1.165, 1.54) is 29.7 Å². The van der Waals surface area contributed by atoms with Crippen LogP contribution in [0.4, 0.5) is 0 Å². The summed E-state index contributed by atoms with van der Waals surface area (Å²) in [6, 6.07) is 0. The number of aromatic nitrogens is 3. The molecule has 0 radical (unpaired) electrons. The molecule has 0 aliphatic rings. The van der Waals surface area contributed by atoms with Crippen molar-refractivity contribution in [3.63, 3.8) is 0 Å². The number of ether oxygens (including phenoxy) is 1. The molecule has 0 N–H and O–H groups in total. The van der Waals surface area contributed by atoms with Crippen LogP contribution in [0, 0.1) is 5.92 Å². The maximum atomic E-state index is 12.9. The molecule has 0 aliphatic heterocycles. The van der Waals surface area contributed by atoms with Crippen LogP contribution in [0.25, 0.3) is 10.2 Å². The van der Waals surface area contributed by atoms with E-state index in [-0.39, 0.29) is 39.5 Å². The molecule has 0 fully saturated rings. The molecule has 0 unspecified atom stereocenters. The predicted molar refractivity (Wildman–Crippen MR) is 117 cm³/mol. The number of carbonyl (C=O) groups is 1. The molecular formula is C18H19Cl2N3O4S2. The molecule has 0 aromatic carbocycles. The van der Waals surface area contributed by atoms with Crippen LogP contribution in [0.5, 0.6) is 0 Å². The van der Waals surface area contributed by atoms with E-state index >= 15 is 0 Å². The van der Waals surface area contributed by atoms with E-state index in [1.807, 2.05) is 13.8 Å². The fraction of sp³-hybridized carbons (Fsp3) is 0.444. The molecule has 7 nitrogen and oxygen atoms in total. The van der Waals surface area contributed by atoms with Gasteiger partial charge in [0.15, 0.2) is 4.47 Å². The number of halogens is 2. The molecule has 0 spiro atoms. The van der Waals surface area contributed by atoms with Crippen LogP contribution in [0.1, 0.15) is 40.9 Å². The molecule has 0 bridgehead atoms. The molecule has 11 heteroatoms. The first-order chi connectivity index (χ1) is 13.6. The molecule has 156 valence electrons. The summed E-state index contributed by atoms with van der Waals surface area (Å²) in [5.74, 6) is -0.438. The third kappa shape index (κ3) is 4.14. The molecular weight excluding hydrogens is 457 g/mol. The highest BCUT2D eigenvalue weighted by molar-refractivity contribution is 7.19. The van der Waals surface area contributed by atoms with Crippen LogP contribution < -0.4 is 11.2 Å². The van der Waals surface area contributed by atoms with Crippen molar-refractivity contribution < 1.29 is 9.53 Å². The van der Waals surface area contributed by atoms with E-state index < -0.39 is 17.2 Å². The summed E-state index contributed by atoms with van der Waals surface area (Å²) in [7, 11) is 1.41. The van der Waals surface area contributed by atoms with Gasteiger partial charge in [0, 0.05) is 24.9 Å². The number of hydrogen-bond donors (Lipinski definition) is 0. The van der Waals surface area contributed by atoms with Gasteiger partial charge in [0.2, 0.25) is 0 Å². The number of thiazole rings is 1. The summed E-state index contributed by atoms with van der Waals surface area (Å²) in [5.41, 5.74) is -0.771. The van der Waals surface area contributed by atoms with Crippen molar-refractivity contribution in [2.75, 3.05) is 6.61 Å². The van der Waals surface area contributed by atoms with Crippen LogP contribution >= 0.6 is 45.9 Å². The maximum Gasteiger partial charge on any atom is 0.340 e. The van der Waals surface area contributed by atoms with E-state index in [0.717, 1.165) is 4.57 Å². The Hall–Kier alpha value is -1.68. The number of hydrogen-bond acceptors (Lipinski definition) is 7. The number of esters is 1. The van der Waals surface area contributed by atoms with Crippen LogP contribution in [-0.2, 0) is 24.8 Å². The number of nitrogens with zero attached hydrogens (tertiary/aromatic N) is 3. The minimum absolute atomic E-state index is 0.161. The Kier molecular flexibility index (Phi) is 6.52. The van der Waals surface area contributed by atoms with Gasteiger partial charge in [0.25, 0.3) is 5.56 Å². The summed E-state index contributed by atoms with van der Waals surface area (Å²) in [6.45, 7) is 6.22. The second kappa shape index (κ2) is 8.59. The van der Waals surface area contributed by atoms with Crippen molar-refractivity contribution >= 4 is 62.1 Å². The Morgan fingerprint density at radius 2 is 1.90 bits per heavy atom. The topological polar surface area (TPSA) is 83.2 Å². The number of carbonyl (C=O) groups excluding carboxylic acids is 1.